The van der Waals surface area contributed by atoms with Crippen LogP contribution >= 0.6 is 0 Å². The predicted molar refractivity (Wildman–Crippen MR) is 62.1 cm³/mol. The molecule has 102 valence electrons. The van der Waals surface area contributed by atoms with Crippen LogP contribution in [0.2, 0.25) is 0 Å². The number of hydrogen-bond donors (Lipinski definition) is 1. The van der Waals surface area contributed by atoms with Gasteiger partial charge in [0.2, 0.25) is 5.82 Å². The highest BCUT2D eigenvalue weighted by atomic mass is 32.2. The molecule has 19 heavy (non-hydrogen) atoms. The lowest BCUT2D eigenvalue weighted by Crippen LogP contribution is -2.07. The van der Waals surface area contributed by atoms with Gasteiger partial charge in [-0.25, -0.2) is 13.4 Å². The van der Waals surface area contributed by atoms with Crippen molar-refractivity contribution in [1.82, 2.24) is 9.97 Å². The third-order valence-corrected chi connectivity index (χ3v) is 3.57. The van der Waals surface area contributed by atoms with E-state index in [4.69, 9.17) is 0 Å². The molecule has 1 aromatic heterocycles. The van der Waals surface area contributed by atoms with E-state index in [0.717, 1.165) is 12.5 Å². The Hall–Kier alpha value is -1.83. The molecule has 0 radical (unpaired) electrons. The Morgan fingerprint density at radius 1 is 1.16 bits per heavy atom. The maximum atomic E-state index is 12.4. The SMILES string of the molecule is CS(=O)(=O)c1ccc(-c2cnc(C(F)(F)F)[nH]2)cc1. The van der Waals surface area contributed by atoms with E-state index < -0.39 is 21.8 Å². The Bertz CT molecular complexity index is 687. The molecule has 0 aliphatic heterocycles. The first-order valence-electron chi connectivity index (χ1n) is 5.10. The minimum atomic E-state index is -4.54. The fourth-order valence-corrected chi connectivity index (χ4v) is 2.12. The molecule has 0 fully saturated rings. The second-order valence-electron chi connectivity index (χ2n) is 3.94. The number of nitrogens with one attached hydrogen (secondary N) is 1. The molecule has 0 amide bonds. The van der Waals surface area contributed by atoms with Crippen molar-refractivity contribution in [3.63, 3.8) is 0 Å². The van der Waals surface area contributed by atoms with Crippen molar-refractivity contribution in [2.45, 2.75) is 11.1 Å². The van der Waals surface area contributed by atoms with Crippen molar-refractivity contribution in [3.8, 4) is 11.3 Å². The average molecular weight is 290 g/mol. The van der Waals surface area contributed by atoms with Gasteiger partial charge in [0.25, 0.3) is 0 Å². The number of benzene rings is 1. The molecule has 0 spiro atoms. The summed E-state index contributed by atoms with van der Waals surface area (Å²) >= 11 is 0. The van der Waals surface area contributed by atoms with Crippen LogP contribution in [0.5, 0.6) is 0 Å². The van der Waals surface area contributed by atoms with Gasteiger partial charge >= 0.3 is 6.18 Å². The second-order valence-corrected chi connectivity index (χ2v) is 5.96. The van der Waals surface area contributed by atoms with Crippen LogP contribution < -0.4 is 0 Å². The summed E-state index contributed by atoms with van der Waals surface area (Å²) in [6.07, 6.45) is -2.43. The van der Waals surface area contributed by atoms with Gasteiger partial charge in [-0.15, -0.1) is 0 Å². The van der Waals surface area contributed by atoms with Crippen molar-refractivity contribution in [2.24, 2.45) is 0 Å². The van der Waals surface area contributed by atoms with Crippen molar-refractivity contribution >= 4 is 9.84 Å². The van der Waals surface area contributed by atoms with E-state index in [9.17, 15) is 21.6 Å². The number of halogens is 3. The van der Waals surface area contributed by atoms with Crippen LogP contribution in [0.25, 0.3) is 11.3 Å². The smallest absolute Gasteiger partial charge is 0.334 e. The number of alkyl halides is 3. The van der Waals surface area contributed by atoms with E-state index in [2.05, 4.69) is 9.97 Å². The molecule has 0 aliphatic rings. The summed E-state index contributed by atoms with van der Waals surface area (Å²) in [5.41, 5.74) is 0.600. The lowest BCUT2D eigenvalue weighted by atomic mass is 10.2. The van der Waals surface area contributed by atoms with E-state index in [-0.39, 0.29) is 10.6 Å². The number of sulfone groups is 1. The van der Waals surface area contributed by atoms with Gasteiger partial charge in [-0.05, 0) is 17.7 Å². The van der Waals surface area contributed by atoms with Gasteiger partial charge in [0.15, 0.2) is 9.84 Å². The van der Waals surface area contributed by atoms with E-state index >= 15 is 0 Å². The molecule has 0 unspecified atom stereocenters. The summed E-state index contributed by atoms with van der Waals surface area (Å²) in [6, 6.07) is 5.51. The van der Waals surface area contributed by atoms with Crippen LogP contribution in [-0.4, -0.2) is 24.6 Å². The van der Waals surface area contributed by atoms with E-state index in [1.165, 1.54) is 24.3 Å². The number of hydrogen-bond acceptors (Lipinski definition) is 3. The fourth-order valence-electron chi connectivity index (χ4n) is 1.49. The third-order valence-electron chi connectivity index (χ3n) is 2.44. The number of imidazole rings is 1. The van der Waals surface area contributed by atoms with Crippen LogP contribution in [0, 0.1) is 0 Å². The molecule has 2 rings (SSSR count). The predicted octanol–water partition coefficient (Wildman–Crippen LogP) is 2.50. The monoisotopic (exact) mass is 290 g/mol. The van der Waals surface area contributed by atoms with Crippen LogP contribution in [0.3, 0.4) is 0 Å². The van der Waals surface area contributed by atoms with Crippen LogP contribution in [-0.2, 0) is 16.0 Å². The van der Waals surface area contributed by atoms with Crippen molar-refractivity contribution in [2.75, 3.05) is 6.26 Å². The van der Waals surface area contributed by atoms with Crippen LogP contribution in [0.15, 0.2) is 35.4 Å². The maximum Gasteiger partial charge on any atom is 0.449 e. The zero-order chi connectivity index (χ0) is 14.3. The number of rotatable bonds is 2. The highest BCUT2D eigenvalue weighted by Crippen LogP contribution is 2.28. The molecule has 0 bridgehead atoms. The van der Waals surface area contributed by atoms with Crippen molar-refractivity contribution in [3.05, 3.63) is 36.3 Å². The molecular formula is C11H9F3N2O2S. The molecule has 0 saturated carbocycles. The highest BCUT2D eigenvalue weighted by molar-refractivity contribution is 7.90. The maximum absolute atomic E-state index is 12.4. The summed E-state index contributed by atoms with van der Waals surface area (Å²) in [5.74, 6) is -1.09. The number of nitrogens with zero attached hydrogens (tertiary/aromatic N) is 1. The Balaban J connectivity index is 2.36. The molecule has 1 N–H and O–H groups in total. The first-order valence-corrected chi connectivity index (χ1v) is 7.00. The quantitative estimate of drug-likeness (QED) is 0.924. The molecule has 0 aliphatic carbocycles. The molecule has 1 aromatic carbocycles. The molecule has 0 saturated heterocycles. The van der Waals surface area contributed by atoms with Gasteiger partial charge < -0.3 is 4.98 Å². The minimum Gasteiger partial charge on any atom is -0.334 e. The molecule has 2 aromatic rings. The molecule has 8 heteroatoms. The molecular weight excluding hydrogens is 281 g/mol. The standard InChI is InChI=1S/C11H9F3N2O2S/c1-19(17,18)8-4-2-7(3-5-8)9-6-15-10(16-9)11(12,13)14/h2-6H,1H3,(H,15,16). The number of aromatic amines is 1. The lowest BCUT2D eigenvalue weighted by Gasteiger charge is -2.02. The van der Waals surface area contributed by atoms with E-state index in [1.54, 1.807) is 0 Å². The summed E-state index contributed by atoms with van der Waals surface area (Å²) in [7, 11) is -3.33. The topological polar surface area (TPSA) is 62.8 Å². The normalized spacial score (nSPS) is 12.6. The summed E-state index contributed by atoms with van der Waals surface area (Å²) in [5, 5.41) is 0. The van der Waals surface area contributed by atoms with Gasteiger partial charge in [-0.2, -0.15) is 13.2 Å². The molecule has 0 atom stereocenters. The Kier molecular flexibility index (Phi) is 3.13. The summed E-state index contributed by atoms with van der Waals surface area (Å²) < 4.78 is 59.6. The largest absolute Gasteiger partial charge is 0.449 e. The number of aromatic nitrogens is 2. The second kappa shape index (κ2) is 4.37. The minimum absolute atomic E-state index is 0.104. The average Bonchev–Trinajstić information content (AvgIpc) is 2.77. The zero-order valence-electron chi connectivity index (χ0n) is 9.69. The van der Waals surface area contributed by atoms with Gasteiger partial charge in [-0.1, -0.05) is 12.1 Å². The Morgan fingerprint density at radius 3 is 2.16 bits per heavy atom. The summed E-state index contributed by atoms with van der Waals surface area (Å²) in [6.45, 7) is 0. The molecule has 4 nitrogen and oxygen atoms in total. The van der Waals surface area contributed by atoms with Gasteiger partial charge in [0.05, 0.1) is 16.8 Å². The molecule has 1 heterocycles. The van der Waals surface area contributed by atoms with Crippen LogP contribution in [0.1, 0.15) is 5.82 Å². The Morgan fingerprint density at radius 2 is 1.74 bits per heavy atom. The van der Waals surface area contributed by atoms with Crippen LogP contribution in [0.4, 0.5) is 13.2 Å². The third kappa shape index (κ3) is 2.95. The van der Waals surface area contributed by atoms with E-state index in [0.29, 0.717) is 5.56 Å². The zero-order valence-corrected chi connectivity index (χ0v) is 10.5. The lowest BCUT2D eigenvalue weighted by molar-refractivity contribution is -0.144. The van der Waals surface area contributed by atoms with Crippen molar-refractivity contribution < 1.29 is 21.6 Å². The summed E-state index contributed by atoms with van der Waals surface area (Å²) in [4.78, 5) is 5.48. The van der Waals surface area contributed by atoms with Gasteiger partial charge in [0, 0.05) is 6.26 Å². The number of H-pyrrole nitrogens is 1. The van der Waals surface area contributed by atoms with Crippen molar-refractivity contribution in [1.29, 1.82) is 0 Å². The fraction of sp³-hybridized carbons (Fsp3) is 0.182. The first kappa shape index (κ1) is 13.6. The van der Waals surface area contributed by atoms with Gasteiger partial charge in [-0.3, -0.25) is 0 Å². The first-order chi connectivity index (χ1) is 8.68. The highest BCUT2D eigenvalue weighted by Gasteiger charge is 2.34. The van der Waals surface area contributed by atoms with E-state index in [1.807, 2.05) is 0 Å². The van der Waals surface area contributed by atoms with Gasteiger partial charge in [0.1, 0.15) is 0 Å². The Labute approximate surface area is 107 Å².